The van der Waals surface area contributed by atoms with Gasteiger partial charge < -0.3 is 10.6 Å². The molecule has 0 radical (unpaired) electrons. The monoisotopic (exact) mass is 167 g/mol. The Kier molecular flexibility index (Phi) is 2.49. The smallest absolute Gasteiger partial charge is 0.399 e. The van der Waals surface area contributed by atoms with Gasteiger partial charge in [-0.1, -0.05) is 6.07 Å². The minimum absolute atomic E-state index is 0.547. The Hall–Kier alpha value is -1.75. The summed E-state index contributed by atoms with van der Waals surface area (Å²) in [6, 6.07) is 6.69. The zero-order chi connectivity index (χ0) is 8.97. The van der Waals surface area contributed by atoms with Crippen LogP contribution in [0.15, 0.2) is 24.3 Å². The van der Waals surface area contributed by atoms with Gasteiger partial charge in [0.05, 0.1) is 0 Å². The molecule has 5 N–H and O–H groups in total. The summed E-state index contributed by atoms with van der Waals surface area (Å²) in [6.07, 6.45) is -0.722. The molecule has 1 rings (SSSR count). The van der Waals surface area contributed by atoms with Crippen LogP contribution in [0.3, 0.4) is 0 Å². The first kappa shape index (κ1) is 8.35. The standard InChI is InChI=1S/C7H9N3O2/c8-5-2-1-3-6(4-5)10-7(11)12-9/h1-4H,8-9H2,(H,10,11). The van der Waals surface area contributed by atoms with Crippen LogP contribution in [0.25, 0.3) is 0 Å². The number of nitrogen functional groups attached to an aromatic ring is 1. The van der Waals surface area contributed by atoms with E-state index in [-0.39, 0.29) is 0 Å². The molecule has 64 valence electrons. The molecule has 12 heavy (non-hydrogen) atoms. The van der Waals surface area contributed by atoms with Crippen molar-refractivity contribution < 1.29 is 9.63 Å². The van der Waals surface area contributed by atoms with Crippen molar-refractivity contribution in [2.45, 2.75) is 0 Å². The fraction of sp³-hybridized carbons (Fsp3) is 0. The van der Waals surface area contributed by atoms with Crippen LogP contribution in [0.2, 0.25) is 0 Å². The third-order valence-corrected chi connectivity index (χ3v) is 1.24. The predicted molar refractivity (Wildman–Crippen MR) is 45.1 cm³/mol. The van der Waals surface area contributed by atoms with Crippen molar-refractivity contribution in [1.82, 2.24) is 0 Å². The molecule has 0 atom stereocenters. The first-order chi connectivity index (χ1) is 5.72. The van der Waals surface area contributed by atoms with E-state index in [2.05, 4.69) is 16.1 Å². The summed E-state index contributed by atoms with van der Waals surface area (Å²) in [5, 5.41) is 2.37. The summed E-state index contributed by atoms with van der Waals surface area (Å²) in [5.41, 5.74) is 6.56. The fourth-order valence-corrected chi connectivity index (χ4v) is 0.764. The average molecular weight is 167 g/mol. The molecule has 0 saturated carbocycles. The summed E-state index contributed by atoms with van der Waals surface area (Å²) in [6.45, 7) is 0. The van der Waals surface area contributed by atoms with Gasteiger partial charge in [-0.15, -0.1) is 0 Å². The van der Waals surface area contributed by atoms with E-state index in [9.17, 15) is 4.79 Å². The fourth-order valence-electron chi connectivity index (χ4n) is 0.764. The number of benzene rings is 1. The molecule has 0 unspecified atom stereocenters. The van der Waals surface area contributed by atoms with Gasteiger partial charge >= 0.3 is 6.09 Å². The lowest BCUT2D eigenvalue weighted by molar-refractivity contribution is 0.163. The van der Waals surface area contributed by atoms with Crippen molar-refractivity contribution in [2.75, 3.05) is 11.1 Å². The second kappa shape index (κ2) is 3.59. The Morgan fingerprint density at radius 3 is 2.83 bits per heavy atom. The SMILES string of the molecule is NOC(=O)Nc1cccc(N)c1. The maximum atomic E-state index is 10.6. The van der Waals surface area contributed by atoms with Gasteiger partial charge in [-0.25, -0.2) is 4.79 Å². The number of anilines is 2. The molecule has 0 aliphatic carbocycles. The maximum Gasteiger partial charge on any atom is 0.430 e. The van der Waals surface area contributed by atoms with Gasteiger partial charge in [0.25, 0.3) is 0 Å². The number of nitrogens with two attached hydrogens (primary N) is 2. The molecule has 1 aromatic rings. The van der Waals surface area contributed by atoms with E-state index in [1.165, 1.54) is 0 Å². The highest BCUT2D eigenvalue weighted by Crippen LogP contribution is 2.11. The molecule has 5 heteroatoms. The van der Waals surface area contributed by atoms with Crippen LogP contribution in [-0.4, -0.2) is 6.09 Å². The third-order valence-electron chi connectivity index (χ3n) is 1.24. The van der Waals surface area contributed by atoms with Gasteiger partial charge in [0.1, 0.15) is 0 Å². The van der Waals surface area contributed by atoms with E-state index < -0.39 is 6.09 Å². The molecule has 0 bridgehead atoms. The summed E-state index contributed by atoms with van der Waals surface area (Å²) >= 11 is 0. The minimum atomic E-state index is -0.722. The molecule has 5 nitrogen and oxygen atoms in total. The van der Waals surface area contributed by atoms with Gasteiger partial charge in [0.2, 0.25) is 0 Å². The highest BCUT2D eigenvalue weighted by atomic mass is 16.7. The van der Waals surface area contributed by atoms with Crippen LogP contribution in [0.1, 0.15) is 0 Å². The second-order valence-corrected chi connectivity index (χ2v) is 2.16. The van der Waals surface area contributed by atoms with E-state index in [0.717, 1.165) is 0 Å². The normalized spacial score (nSPS) is 9.08. The second-order valence-electron chi connectivity index (χ2n) is 2.16. The third kappa shape index (κ3) is 2.14. The van der Waals surface area contributed by atoms with Gasteiger partial charge in [-0.3, -0.25) is 5.32 Å². The van der Waals surface area contributed by atoms with E-state index in [4.69, 9.17) is 5.73 Å². The Bertz CT molecular complexity index is 288. The van der Waals surface area contributed by atoms with Gasteiger partial charge in [0, 0.05) is 11.4 Å². The molecular formula is C7H9N3O2. The molecule has 0 fully saturated rings. The lowest BCUT2D eigenvalue weighted by Gasteiger charge is -2.02. The largest absolute Gasteiger partial charge is 0.430 e. The first-order valence-electron chi connectivity index (χ1n) is 3.25. The Labute approximate surface area is 69.3 Å². The van der Waals surface area contributed by atoms with Crippen molar-refractivity contribution in [3.63, 3.8) is 0 Å². The summed E-state index contributed by atoms with van der Waals surface area (Å²) < 4.78 is 0. The Morgan fingerprint density at radius 1 is 1.50 bits per heavy atom. The Morgan fingerprint density at radius 2 is 2.25 bits per heavy atom. The van der Waals surface area contributed by atoms with E-state index in [1.54, 1.807) is 24.3 Å². The van der Waals surface area contributed by atoms with Crippen LogP contribution >= 0.6 is 0 Å². The molecule has 1 aromatic carbocycles. The summed E-state index contributed by atoms with van der Waals surface area (Å²) in [4.78, 5) is 14.5. The number of nitrogens with one attached hydrogen (secondary N) is 1. The van der Waals surface area contributed by atoms with Gasteiger partial charge in [0.15, 0.2) is 0 Å². The van der Waals surface area contributed by atoms with Crippen LogP contribution < -0.4 is 16.9 Å². The van der Waals surface area contributed by atoms with Crippen molar-refractivity contribution in [3.8, 4) is 0 Å². The lowest BCUT2D eigenvalue weighted by atomic mass is 10.3. The average Bonchev–Trinajstić information content (AvgIpc) is 2.04. The lowest BCUT2D eigenvalue weighted by Crippen LogP contribution is -2.17. The topological polar surface area (TPSA) is 90.4 Å². The van der Waals surface area contributed by atoms with Gasteiger partial charge in [-0.05, 0) is 18.2 Å². The highest BCUT2D eigenvalue weighted by Gasteiger charge is 1.99. The molecule has 0 aliphatic rings. The van der Waals surface area contributed by atoms with Crippen LogP contribution in [0.4, 0.5) is 16.2 Å². The number of rotatable bonds is 1. The highest BCUT2D eigenvalue weighted by molar-refractivity contribution is 5.84. The predicted octanol–water partition coefficient (Wildman–Crippen LogP) is 0.691. The molecule has 0 aromatic heterocycles. The summed E-state index contributed by atoms with van der Waals surface area (Å²) in [7, 11) is 0. The van der Waals surface area contributed by atoms with E-state index in [0.29, 0.717) is 11.4 Å². The number of carbonyl (C=O) groups is 1. The van der Waals surface area contributed by atoms with Crippen LogP contribution in [0.5, 0.6) is 0 Å². The van der Waals surface area contributed by atoms with Crippen molar-refractivity contribution in [3.05, 3.63) is 24.3 Å². The summed E-state index contributed by atoms with van der Waals surface area (Å²) in [5.74, 6) is 4.61. The molecule has 0 saturated heterocycles. The number of hydrogen-bond acceptors (Lipinski definition) is 4. The number of carbonyl (C=O) groups excluding carboxylic acids is 1. The first-order valence-corrected chi connectivity index (χ1v) is 3.25. The molecule has 0 aliphatic heterocycles. The maximum absolute atomic E-state index is 10.6. The van der Waals surface area contributed by atoms with Crippen molar-refractivity contribution in [1.29, 1.82) is 0 Å². The van der Waals surface area contributed by atoms with E-state index >= 15 is 0 Å². The van der Waals surface area contributed by atoms with Crippen LogP contribution in [-0.2, 0) is 4.84 Å². The van der Waals surface area contributed by atoms with E-state index in [1.807, 2.05) is 0 Å². The van der Waals surface area contributed by atoms with Gasteiger partial charge in [-0.2, -0.15) is 5.90 Å². The molecule has 0 spiro atoms. The zero-order valence-electron chi connectivity index (χ0n) is 6.28. The number of hydrogen-bond donors (Lipinski definition) is 3. The molecular weight excluding hydrogens is 158 g/mol. The molecule has 1 amide bonds. The van der Waals surface area contributed by atoms with Crippen molar-refractivity contribution in [2.24, 2.45) is 5.90 Å². The molecule has 0 heterocycles. The minimum Gasteiger partial charge on any atom is -0.399 e. The van der Waals surface area contributed by atoms with Crippen LogP contribution in [0, 0.1) is 0 Å². The Balaban J connectivity index is 2.69. The van der Waals surface area contributed by atoms with Crippen molar-refractivity contribution >= 4 is 17.5 Å². The zero-order valence-corrected chi connectivity index (χ0v) is 6.28. The number of amides is 1. The quantitative estimate of drug-likeness (QED) is 0.424.